The highest BCUT2D eigenvalue weighted by atomic mass is 16.5. The van der Waals surface area contributed by atoms with Gasteiger partial charge in [0.1, 0.15) is 23.1 Å². The fourth-order valence-corrected chi connectivity index (χ4v) is 3.05. The van der Waals surface area contributed by atoms with Gasteiger partial charge in [-0.25, -0.2) is 9.97 Å². The molecule has 1 fully saturated rings. The van der Waals surface area contributed by atoms with E-state index in [0.717, 1.165) is 54.8 Å². The van der Waals surface area contributed by atoms with Gasteiger partial charge >= 0.3 is 0 Å². The lowest BCUT2D eigenvalue weighted by atomic mass is 10.1. The summed E-state index contributed by atoms with van der Waals surface area (Å²) in [5.74, 6) is 3.38. The van der Waals surface area contributed by atoms with E-state index >= 15 is 0 Å². The van der Waals surface area contributed by atoms with Crippen LogP contribution >= 0.6 is 0 Å². The number of piperidine rings is 1. The quantitative estimate of drug-likeness (QED) is 0.911. The van der Waals surface area contributed by atoms with Crippen LogP contribution in [0.3, 0.4) is 0 Å². The third-order valence-corrected chi connectivity index (χ3v) is 4.23. The van der Waals surface area contributed by atoms with Gasteiger partial charge in [0.2, 0.25) is 0 Å². The summed E-state index contributed by atoms with van der Waals surface area (Å²) < 4.78 is 10.7. The minimum absolute atomic E-state index is 0.353. The summed E-state index contributed by atoms with van der Waals surface area (Å²) in [7, 11) is 3.33. The molecule has 0 radical (unpaired) electrons. The van der Waals surface area contributed by atoms with Crippen molar-refractivity contribution in [2.24, 2.45) is 0 Å². The van der Waals surface area contributed by atoms with Crippen molar-refractivity contribution in [3.63, 3.8) is 0 Å². The van der Waals surface area contributed by atoms with E-state index in [1.807, 2.05) is 37.4 Å². The molecule has 1 atom stereocenters. The van der Waals surface area contributed by atoms with Gasteiger partial charge in [-0.3, -0.25) is 0 Å². The summed E-state index contributed by atoms with van der Waals surface area (Å²) in [5, 5.41) is 3.60. The molecule has 2 heterocycles. The summed E-state index contributed by atoms with van der Waals surface area (Å²) in [4.78, 5) is 11.0. The second-order valence-corrected chi connectivity index (χ2v) is 5.99. The Balaban J connectivity index is 1.71. The number of hydrogen-bond donors (Lipinski definition) is 1. The van der Waals surface area contributed by atoms with E-state index in [-0.39, 0.29) is 0 Å². The maximum absolute atomic E-state index is 5.34. The van der Waals surface area contributed by atoms with Crippen LogP contribution in [0, 0.1) is 6.92 Å². The van der Waals surface area contributed by atoms with Gasteiger partial charge in [-0.05, 0) is 25.8 Å². The summed E-state index contributed by atoms with van der Waals surface area (Å²) >= 11 is 0. The van der Waals surface area contributed by atoms with Crippen LogP contribution < -0.4 is 19.7 Å². The highest BCUT2D eigenvalue weighted by Gasteiger charge is 2.21. The topological polar surface area (TPSA) is 59.5 Å². The minimum Gasteiger partial charge on any atom is -0.497 e. The van der Waals surface area contributed by atoms with Crippen LogP contribution in [0.2, 0.25) is 0 Å². The van der Waals surface area contributed by atoms with Gasteiger partial charge in [-0.15, -0.1) is 0 Å². The summed E-state index contributed by atoms with van der Waals surface area (Å²) in [6, 6.07) is 8.20. The molecule has 0 bridgehead atoms. The first-order chi connectivity index (χ1) is 11.7. The number of benzene rings is 1. The lowest BCUT2D eigenvalue weighted by molar-refractivity contribution is 0.394. The van der Waals surface area contributed by atoms with Gasteiger partial charge in [0.15, 0.2) is 0 Å². The number of nitrogens with one attached hydrogen (secondary N) is 1. The molecule has 24 heavy (non-hydrogen) atoms. The van der Waals surface area contributed by atoms with E-state index in [0.29, 0.717) is 6.04 Å². The van der Waals surface area contributed by atoms with Gasteiger partial charge in [0.25, 0.3) is 0 Å². The lowest BCUT2D eigenvalue weighted by Gasteiger charge is -2.34. The predicted molar refractivity (Wildman–Crippen MR) is 95.2 cm³/mol. The minimum atomic E-state index is 0.353. The van der Waals surface area contributed by atoms with Crippen LogP contribution in [0.1, 0.15) is 18.7 Å². The number of anilines is 2. The van der Waals surface area contributed by atoms with Gasteiger partial charge in [0, 0.05) is 49.2 Å². The molecule has 0 unspecified atom stereocenters. The molecule has 128 valence electrons. The standard InChI is InChI=1S/C18H24N4O2/c1-13-19-7-6-18(20-13)22-8-4-5-14(12-22)21-15-9-16(23-2)11-17(10-15)24-3/h6-7,9-11,14,21H,4-5,8,12H2,1-3H3/t14-/m0/s1. The molecule has 6 heteroatoms. The van der Waals surface area contributed by atoms with Crippen LogP contribution in [0.4, 0.5) is 11.5 Å². The zero-order valence-electron chi connectivity index (χ0n) is 14.5. The Morgan fingerprint density at radius 3 is 2.58 bits per heavy atom. The highest BCUT2D eigenvalue weighted by molar-refractivity contribution is 5.54. The van der Waals surface area contributed by atoms with Gasteiger partial charge in [-0.2, -0.15) is 0 Å². The molecule has 6 nitrogen and oxygen atoms in total. The number of hydrogen-bond acceptors (Lipinski definition) is 6. The molecule has 2 aromatic rings. The molecular formula is C18H24N4O2. The van der Waals surface area contributed by atoms with Crippen molar-refractivity contribution in [3.8, 4) is 11.5 Å². The second-order valence-electron chi connectivity index (χ2n) is 5.99. The van der Waals surface area contributed by atoms with E-state index in [1.54, 1.807) is 14.2 Å². The van der Waals surface area contributed by atoms with E-state index < -0.39 is 0 Å². The highest BCUT2D eigenvalue weighted by Crippen LogP contribution is 2.27. The molecule has 1 N–H and O–H groups in total. The van der Waals surface area contributed by atoms with Crippen molar-refractivity contribution in [2.45, 2.75) is 25.8 Å². The van der Waals surface area contributed by atoms with E-state index in [4.69, 9.17) is 9.47 Å². The van der Waals surface area contributed by atoms with Gasteiger partial charge in [0.05, 0.1) is 14.2 Å². The summed E-state index contributed by atoms with van der Waals surface area (Å²) in [5.41, 5.74) is 1.01. The molecule has 1 saturated heterocycles. The van der Waals surface area contributed by atoms with Crippen molar-refractivity contribution >= 4 is 11.5 Å². The Morgan fingerprint density at radius 1 is 1.17 bits per heavy atom. The maximum atomic E-state index is 5.34. The number of ether oxygens (including phenoxy) is 2. The van der Waals surface area contributed by atoms with Crippen molar-refractivity contribution < 1.29 is 9.47 Å². The van der Waals surface area contributed by atoms with Crippen molar-refractivity contribution in [2.75, 3.05) is 37.5 Å². The molecule has 1 aromatic carbocycles. The normalized spacial score (nSPS) is 17.5. The van der Waals surface area contributed by atoms with Gasteiger partial charge in [-0.1, -0.05) is 0 Å². The third kappa shape index (κ3) is 3.88. The molecule has 0 aliphatic carbocycles. The lowest BCUT2D eigenvalue weighted by Crippen LogP contribution is -2.42. The number of methoxy groups -OCH3 is 2. The van der Waals surface area contributed by atoms with Crippen molar-refractivity contribution in [1.29, 1.82) is 0 Å². The second kappa shape index (κ2) is 7.38. The Hall–Kier alpha value is -2.50. The predicted octanol–water partition coefficient (Wildman–Crippen LogP) is 2.88. The summed E-state index contributed by atoms with van der Waals surface area (Å²) in [6.45, 7) is 3.86. The molecule has 0 saturated carbocycles. The fraction of sp³-hybridized carbons (Fsp3) is 0.444. The first-order valence-electron chi connectivity index (χ1n) is 8.22. The Bertz CT molecular complexity index is 670. The Morgan fingerprint density at radius 2 is 1.92 bits per heavy atom. The average molecular weight is 328 g/mol. The van der Waals surface area contributed by atoms with Gasteiger partial charge < -0.3 is 19.7 Å². The Labute approximate surface area is 142 Å². The molecule has 1 aliphatic heterocycles. The Kier molecular flexibility index (Phi) is 5.03. The monoisotopic (exact) mass is 328 g/mol. The van der Waals surface area contributed by atoms with Crippen LogP contribution in [0.15, 0.2) is 30.5 Å². The average Bonchev–Trinajstić information content (AvgIpc) is 2.61. The van der Waals surface area contributed by atoms with Crippen molar-refractivity contribution in [1.82, 2.24) is 9.97 Å². The van der Waals surface area contributed by atoms with Crippen LogP contribution in [-0.4, -0.2) is 43.3 Å². The van der Waals surface area contributed by atoms with Crippen LogP contribution in [0.5, 0.6) is 11.5 Å². The largest absolute Gasteiger partial charge is 0.497 e. The zero-order valence-corrected chi connectivity index (χ0v) is 14.5. The fourth-order valence-electron chi connectivity index (χ4n) is 3.05. The van der Waals surface area contributed by atoms with Crippen LogP contribution in [-0.2, 0) is 0 Å². The zero-order chi connectivity index (χ0) is 16.9. The summed E-state index contributed by atoms with van der Waals surface area (Å²) in [6.07, 6.45) is 4.07. The van der Waals surface area contributed by atoms with E-state index in [9.17, 15) is 0 Å². The molecule has 1 aliphatic rings. The number of rotatable bonds is 5. The van der Waals surface area contributed by atoms with Crippen LogP contribution in [0.25, 0.3) is 0 Å². The van der Waals surface area contributed by atoms with E-state index in [2.05, 4.69) is 20.2 Å². The van der Waals surface area contributed by atoms with E-state index in [1.165, 1.54) is 0 Å². The smallest absolute Gasteiger partial charge is 0.132 e. The van der Waals surface area contributed by atoms with Crippen molar-refractivity contribution in [3.05, 3.63) is 36.3 Å². The SMILES string of the molecule is COc1cc(N[C@H]2CCCN(c3ccnc(C)n3)C2)cc(OC)c1. The molecule has 3 rings (SSSR count). The number of nitrogens with zero attached hydrogens (tertiary/aromatic N) is 3. The molecular weight excluding hydrogens is 304 g/mol. The number of aryl methyl sites for hydroxylation is 1. The first-order valence-corrected chi connectivity index (χ1v) is 8.22. The molecule has 0 amide bonds. The third-order valence-electron chi connectivity index (χ3n) is 4.23. The molecule has 0 spiro atoms. The molecule has 1 aromatic heterocycles. The maximum Gasteiger partial charge on any atom is 0.132 e. The first kappa shape index (κ1) is 16.4. The number of aromatic nitrogens is 2.